The van der Waals surface area contributed by atoms with E-state index in [4.69, 9.17) is 16.9 Å². The van der Waals surface area contributed by atoms with Gasteiger partial charge in [-0.15, -0.1) is 6.42 Å². The van der Waals surface area contributed by atoms with Crippen molar-refractivity contribution in [1.29, 1.82) is 0 Å². The molecule has 3 N–H and O–H groups in total. The van der Waals surface area contributed by atoms with Crippen molar-refractivity contribution >= 4 is 5.82 Å². The molecule has 0 unspecified atom stereocenters. The highest BCUT2D eigenvalue weighted by atomic mass is 19.1. The zero-order valence-electron chi connectivity index (χ0n) is 16.7. The van der Waals surface area contributed by atoms with E-state index in [0.717, 1.165) is 22.5 Å². The summed E-state index contributed by atoms with van der Waals surface area (Å²) in [4.78, 5) is 4.27. The maximum absolute atomic E-state index is 13.5. The van der Waals surface area contributed by atoms with E-state index < -0.39 is 5.83 Å². The average molecular weight is 406 g/mol. The van der Waals surface area contributed by atoms with E-state index in [9.17, 15) is 4.39 Å². The van der Waals surface area contributed by atoms with Crippen molar-refractivity contribution in [2.45, 2.75) is 26.3 Å². The fourth-order valence-corrected chi connectivity index (χ4v) is 2.98. The molecule has 0 spiro atoms. The lowest BCUT2D eigenvalue weighted by atomic mass is 10.1. The summed E-state index contributed by atoms with van der Waals surface area (Å²) in [6.07, 6.45) is 15.3. The number of allylic oxidation sites excluding steroid dienone is 3. The van der Waals surface area contributed by atoms with Crippen LogP contribution < -0.4 is 10.5 Å². The van der Waals surface area contributed by atoms with E-state index in [1.807, 2.05) is 29.9 Å². The third kappa shape index (κ3) is 5.14. The number of hydrogen-bond acceptors (Lipinski definition) is 5. The smallest absolute Gasteiger partial charge is 0.166 e. The lowest BCUT2D eigenvalue weighted by Gasteiger charge is -2.12. The van der Waals surface area contributed by atoms with E-state index in [-0.39, 0.29) is 12.4 Å². The minimum absolute atomic E-state index is 0.251. The van der Waals surface area contributed by atoms with Crippen LogP contribution >= 0.6 is 0 Å². The van der Waals surface area contributed by atoms with E-state index in [1.54, 1.807) is 12.4 Å². The molecule has 0 amide bonds. The van der Waals surface area contributed by atoms with Gasteiger partial charge >= 0.3 is 0 Å². The Morgan fingerprint density at radius 1 is 1.43 bits per heavy atom. The van der Waals surface area contributed by atoms with E-state index in [1.165, 1.54) is 18.2 Å². The number of hydrogen-bond donors (Lipinski definition) is 2. The normalized spacial score (nSPS) is 11.7. The number of nitrogens with two attached hydrogens (primary N) is 1. The highest BCUT2D eigenvalue weighted by molar-refractivity contribution is 5.67. The van der Waals surface area contributed by atoms with Crippen LogP contribution in [0.25, 0.3) is 11.3 Å². The summed E-state index contributed by atoms with van der Waals surface area (Å²) < 4.78 is 21.1. The van der Waals surface area contributed by atoms with Gasteiger partial charge in [0.25, 0.3) is 0 Å². The molecule has 3 rings (SSSR count). The van der Waals surface area contributed by atoms with Crippen molar-refractivity contribution in [2.75, 3.05) is 12.3 Å². The van der Waals surface area contributed by atoms with Gasteiger partial charge in [-0.05, 0) is 37.3 Å². The van der Waals surface area contributed by atoms with Gasteiger partial charge in [0.2, 0.25) is 0 Å². The van der Waals surface area contributed by atoms with Crippen LogP contribution in [0.15, 0.2) is 54.8 Å². The Bertz CT molecular complexity index is 1080. The first-order valence-corrected chi connectivity index (χ1v) is 9.52. The number of anilines is 1. The average Bonchev–Trinajstić information content (AvgIpc) is 3.41. The number of rotatable bonds is 9. The highest BCUT2D eigenvalue weighted by Crippen LogP contribution is 2.30. The second-order valence-corrected chi connectivity index (χ2v) is 6.43. The van der Waals surface area contributed by atoms with Crippen LogP contribution in [-0.2, 0) is 13.0 Å². The van der Waals surface area contributed by atoms with Gasteiger partial charge in [0.1, 0.15) is 5.83 Å². The van der Waals surface area contributed by atoms with Crippen molar-refractivity contribution < 1.29 is 9.13 Å². The second kappa shape index (κ2) is 10.1. The van der Waals surface area contributed by atoms with Crippen molar-refractivity contribution in [3.8, 4) is 29.4 Å². The first-order valence-electron chi connectivity index (χ1n) is 9.52. The zero-order chi connectivity index (χ0) is 21.3. The second-order valence-electron chi connectivity index (χ2n) is 6.43. The first kappa shape index (κ1) is 20.9. The Hall–Kier alpha value is -3.86. The van der Waals surface area contributed by atoms with Crippen LogP contribution in [0.1, 0.15) is 24.6 Å². The van der Waals surface area contributed by atoms with Crippen LogP contribution in [-0.4, -0.2) is 31.6 Å². The lowest BCUT2D eigenvalue weighted by Crippen LogP contribution is -2.04. The summed E-state index contributed by atoms with van der Waals surface area (Å²) in [6.45, 7) is 2.98. The molecule has 0 saturated carbocycles. The standard InChI is InChI=1S/C22H23FN6O/c1-3-5-7-18(23)8-6-11-30-20-13-17(14-25-22(20)24)21-16(15-27-29(21)4-2)12-19-9-10-26-28-19/h1,5,7-10,13-15H,4,6,11-12H2,2H3,(H2,24,25)(H,26,28)/b7-5-,18-8+. The summed E-state index contributed by atoms with van der Waals surface area (Å²) in [5.74, 6) is 2.54. The minimum Gasteiger partial charge on any atom is -0.489 e. The van der Waals surface area contributed by atoms with Crippen LogP contribution in [0.4, 0.5) is 10.2 Å². The molecule has 3 aromatic heterocycles. The van der Waals surface area contributed by atoms with Gasteiger partial charge in [0.15, 0.2) is 11.6 Å². The van der Waals surface area contributed by atoms with Crippen LogP contribution in [0.3, 0.4) is 0 Å². The van der Waals surface area contributed by atoms with Crippen molar-refractivity contribution in [1.82, 2.24) is 25.0 Å². The largest absolute Gasteiger partial charge is 0.489 e. The van der Waals surface area contributed by atoms with Gasteiger partial charge in [0.05, 0.1) is 18.5 Å². The molecule has 0 saturated heterocycles. The van der Waals surface area contributed by atoms with Crippen molar-refractivity contribution in [3.05, 3.63) is 66.0 Å². The van der Waals surface area contributed by atoms with Crippen molar-refractivity contribution in [2.24, 2.45) is 0 Å². The molecule has 0 aliphatic rings. The van der Waals surface area contributed by atoms with E-state index in [0.29, 0.717) is 25.1 Å². The van der Waals surface area contributed by atoms with E-state index >= 15 is 0 Å². The Morgan fingerprint density at radius 2 is 2.30 bits per heavy atom. The summed E-state index contributed by atoms with van der Waals surface area (Å²) in [5, 5.41) is 11.4. The maximum atomic E-state index is 13.5. The summed E-state index contributed by atoms with van der Waals surface area (Å²) >= 11 is 0. The van der Waals surface area contributed by atoms with Crippen molar-refractivity contribution in [3.63, 3.8) is 0 Å². The SMILES string of the molecule is C#C/C=C\C(F)=C/CCOc1cc(-c2c(Cc3ccn[nH]3)cnn2CC)cnc1N. The summed E-state index contributed by atoms with van der Waals surface area (Å²) in [6, 6.07) is 3.76. The molecule has 0 fully saturated rings. The lowest BCUT2D eigenvalue weighted by molar-refractivity contribution is 0.325. The number of H-pyrrole nitrogens is 1. The number of aryl methyl sites for hydroxylation is 1. The molecule has 0 bridgehead atoms. The Balaban J connectivity index is 1.79. The molecule has 8 heteroatoms. The highest BCUT2D eigenvalue weighted by Gasteiger charge is 2.16. The minimum atomic E-state index is -0.410. The van der Waals surface area contributed by atoms with Gasteiger partial charge in [-0.25, -0.2) is 9.37 Å². The third-order valence-electron chi connectivity index (χ3n) is 4.36. The molecular weight excluding hydrogens is 383 g/mol. The topological polar surface area (TPSA) is 94.6 Å². The van der Waals surface area contributed by atoms with Gasteiger partial charge < -0.3 is 10.5 Å². The van der Waals surface area contributed by atoms with Crippen LogP contribution in [0.2, 0.25) is 0 Å². The molecule has 0 aliphatic heterocycles. The monoisotopic (exact) mass is 406 g/mol. The fourth-order valence-electron chi connectivity index (χ4n) is 2.98. The predicted octanol–water partition coefficient (Wildman–Crippen LogP) is 3.67. The van der Waals surface area contributed by atoms with Gasteiger partial charge in [-0.1, -0.05) is 5.92 Å². The number of pyridine rings is 1. The molecular formula is C22H23FN6O. The van der Waals surface area contributed by atoms with Gasteiger partial charge in [-0.2, -0.15) is 10.2 Å². The Morgan fingerprint density at radius 3 is 3.03 bits per heavy atom. The molecule has 0 aromatic carbocycles. The number of nitrogen functional groups attached to an aromatic ring is 1. The molecule has 0 radical (unpaired) electrons. The molecule has 7 nitrogen and oxygen atoms in total. The Kier molecular flexibility index (Phi) is 7.00. The number of aromatic amines is 1. The summed E-state index contributed by atoms with van der Waals surface area (Å²) in [5.41, 5.74) is 9.77. The molecule has 0 atom stereocenters. The predicted molar refractivity (Wildman–Crippen MR) is 114 cm³/mol. The third-order valence-corrected chi connectivity index (χ3v) is 4.36. The number of nitrogens with zero attached hydrogens (tertiary/aromatic N) is 4. The van der Waals surface area contributed by atoms with Gasteiger partial charge in [0, 0.05) is 48.6 Å². The number of nitrogens with one attached hydrogen (secondary N) is 1. The van der Waals surface area contributed by atoms with Crippen LogP contribution in [0.5, 0.6) is 5.75 Å². The zero-order valence-corrected chi connectivity index (χ0v) is 16.7. The molecule has 0 aliphatic carbocycles. The molecule has 3 heterocycles. The fraction of sp³-hybridized carbons (Fsp3) is 0.227. The maximum Gasteiger partial charge on any atom is 0.166 e. The number of terminal acetylenes is 1. The van der Waals surface area contributed by atoms with E-state index in [2.05, 4.69) is 26.2 Å². The molecule has 3 aromatic rings. The number of aromatic nitrogens is 5. The number of halogens is 1. The molecule has 154 valence electrons. The first-order chi connectivity index (χ1) is 14.6. The van der Waals surface area contributed by atoms with Gasteiger partial charge in [-0.3, -0.25) is 9.78 Å². The molecule has 30 heavy (non-hydrogen) atoms. The Labute approximate surface area is 174 Å². The quantitative estimate of drug-likeness (QED) is 0.321. The van der Waals surface area contributed by atoms with Crippen LogP contribution in [0, 0.1) is 12.3 Å². The number of ether oxygens (including phenoxy) is 1. The summed E-state index contributed by atoms with van der Waals surface area (Å²) in [7, 11) is 0.